The van der Waals surface area contributed by atoms with Gasteiger partial charge in [-0.3, -0.25) is 0 Å². The Labute approximate surface area is 346 Å². The second kappa shape index (κ2) is 17.0. The first-order valence-corrected chi connectivity index (χ1v) is 23.5. The van der Waals surface area contributed by atoms with E-state index in [4.69, 9.17) is 17.7 Å². The van der Waals surface area contributed by atoms with E-state index in [1.165, 1.54) is 0 Å². The van der Waals surface area contributed by atoms with Crippen LogP contribution in [0.25, 0.3) is 0 Å². The van der Waals surface area contributed by atoms with Crippen molar-refractivity contribution in [1.29, 1.82) is 0 Å². The lowest BCUT2D eigenvalue weighted by molar-refractivity contribution is 0.100. The summed E-state index contributed by atoms with van der Waals surface area (Å²) in [5.41, 5.74) is 1.80. The largest absolute Gasteiger partial charge is 0.514 e. The van der Waals surface area contributed by atoms with E-state index in [1.54, 1.807) is 6.07 Å². The van der Waals surface area contributed by atoms with Crippen LogP contribution in [0.4, 0.5) is 0 Å². The Hall–Kier alpha value is -5.71. The Balaban J connectivity index is 1.27. The highest BCUT2D eigenvalue weighted by atomic mass is 28.4. The van der Waals surface area contributed by atoms with Crippen molar-refractivity contribution in [3.63, 3.8) is 0 Å². The van der Waals surface area contributed by atoms with Gasteiger partial charge < -0.3 is 22.8 Å². The van der Waals surface area contributed by atoms with Crippen LogP contribution in [0.5, 0.6) is 17.2 Å². The van der Waals surface area contributed by atoms with E-state index < -0.39 is 28.3 Å². The van der Waals surface area contributed by atoms with Crippen LogP contribution in [0.15, 0.2) is 194 Å². The van der Waals surface area contributed by atoms with Crippen LogP contribution in [0.1, 0.15) is 64.2 Å². The first-order valence-electron chi connectivity index (χ1n) is 19.8. The average molecular weight is 801 g/mol. The Kier molecular flexibility index (Phi) is 11.9. The van der Waals surface area contributed by atoms with E-state index in [9.17, 15) is 5.11 Å². The summed E-state index contributed by atoms with van der Waals surface area (Å²) in [6.45, 7) is 12.4. The summed E-state index contributed by atoms with van der Waals surface area (Å²) in [4.78, 5) is 0. The third-order valence-corrected chi connectivity index (χ3v) is 16.9. The molecular weight excluding hydrogens is 749 g/mol. The molecule has 0 aliphatic rings. The first-order chi connectivity index (χ1) is 27.9. The van der Waals surface area contributed by atoms with Gasteiger partial charge in [-0.1, -0.05) is 170 Å². The summed E-state index contributed by atoms with van der Waals surface area (Å²) in [5, 5.41) is 16.0. The number of benzene rings is 7. The fourth-order valence-electron chi connectivity index (χ4n) is 7.43. The molecule has 0 spiro atoms. The molecule has 5 nitrogen and oxygen atoms in total. The number of hydrogen-bond donors (Lipinski definition) is 1. The zero-order valence-corrected chi connectivity index (χ0v) is 36.1. The van der Waals surface area contributed by atoms with Gasteiger partial charge in [0.1, 0.15) is 17.2 Å². The van der Waals surface area contributed by atoms with Gasteiger partial charge in [-0.05, 0) is 70.9 Å². The van der Waals surface area contributed by atoms with Crippen LogP contribution in [0.2, 0.25) is 0 Å². The molecular formula is C51H52O5Si2. The standard InChI is InChI=1S/C51H52O5Si2/c1-50(2,3)55-57(43-24-14-8-15-25-43,44-26-16-9-17-27-44)53-41-34-32-40(33-35-41)49(39-22-12-7-13-23-39)47-37-36-42(38-48(47)52)54-58(56-51(4,5)6,45-28-18-10-19-29-45)46-30-20-11-21-31-46/h7-38,49,52H,1-6H3. The molecule has 0 saturated carbocycles. The van der Waals surface area contributed by atoms with E-state index in [0.717, 1.165) is 37.4 Å². The van der Waals surface area contributed by atoms with E-state index >= 15 is 0 Å². The lowest BCUT2D eigenvalue weighted by atomic mass is 9.84. The molecule has 0 saturated heterocycles. The minimum atomic E-state index is -3.34. The average Bonchev–Trinajstić information content (AvgIpc) is 3.22. The van der Waals surface area contributed by atoms with Gasteiger partial charge in [0.05, 0.1) is 11.2 Å². The summed E-state index contributed by atoms with van der Waals surface area (Å²) in [6.07, 6.45) is 0. The molecule has 7 rings (SSSR count). The van der Waals surface area contributed by atoms with Crippen LogP contribution in [0, 0.1) is 0 Å². The van der Waals surface area contributed by atoms with Crippen molar-refractivity contribution in [2.45, 2.75) is 58.7 Å². The minimum absolute atomic E-state index is 0.129. The highest BCUT2D eigenvalue weighted by Gasteiger charge is 2.49. The maximum absolute atomic E-state index is 12.0. The molecule has 58 heavy (non-hydrogen) atoms. The van der Waals surface area contributed by atoms with Crippen LogP contribution in [0.3, 0.4) is 0 Å². The van der Waals surface area contributed by atoms with Crippen molar-refractivity contribution in [3.05, 3.63) is 211 Å². The zero-order valence-electron chi connectivity index (χ0n) is 34.1. The smallest absolute Gasteiger partial charge is 0.469 e. The number of hydrogen-bond acceptors (Lipinski definition) is 5. The molecule has 294 valence electrons. The molecule has 0 radical (unpaired) electrons. The summed E-state index contributed by atoms with van der Waals surface area (Å²) in [5.74, 6) is 1.08. The van der Waals surface area contributed by atoms with Crippen molar-refractivity contribution in [2.24, 2.45) is 0 Å². The highest BCUT2D eigenvalue weighted by molar-refractivity contribution is 6.93. The van der Waals surface area contributed by atoms with Crippen LogP contribution in [-0.4, -0.2) is 33.4 Å². The van der Waals surface area contributed by atoms with Crippen LogP contribution >= 0.6 is 0 Å². The van der Waals surface area contributed by atoms with Crippen molar-refractivity contribution in [1.82, 2.24) is 0 Å². The molecule has 0 aromatic heterocycles. The third kappa shape index (κ3) is 9.19. The fraction of sp³-hybridized carbons (Fsp3) is 0.176. The number of phenols is 1. The van der Waals surface area contributed by atoms with Crippen LogP contribution in [-0.2, 0) is 8.85 Å². The van der Waals surface area contributed by atoms with Crippen molar-refractivity contribution < 1.29 is 22.8 Å². The topological polar surface area (TPSA) is 57.2 Å². The molecule has 0 fully saturated rings. The highest BCUT2D eigenvalue weighted by Crippen LogP contribution is 2.40. The summed E-state index contributed by atoms with van der Waals surface area (Å²) < 4.78 is 28.2. The number of aromatic hydroxyl groups is 1. The lowest BCUT2D eigenvalue weighted by Crippen LogP contribution is -2.68. The predicted octanol–water partition coefficient (Wildman–Crippen LogP) is 9.47. The molecule has 0 bridgehead atoms. The molecule has 1 unspecified atom stereocenters. The first kappa shape index (κ1) is 40.5. The normalized spacial score (nSPS) is 12.8. The van der Waals surface area contributed by atoms with Crippen molar-refractivity contribution >= 4 is 37.9 Å². The molecule has 0 aliphatic heterocycles. The Morgan fingerprint density at radius 2 is 0.724 bits per heavy atom. The maximum Gasteiger partial charge on any atom is 0.469 e. The number of phenolic OH excluding ortho intramolecular Hbond substituents is 1. The second-order valence-electron chi connectivity index (χ2n) is 16.5. The van der Waals surface area contributed by atoms with Gasteiger partial charge >= 0.3 is 17.1 Å². The summed E-state index contributed by atoms with van der Waals surface area (Å²) in [6, 6.07) is 65.0. The Morgan fingerprint density at radius 3 is 1.09 bits per heavy atom. The van der Waals surface area contributed by atoms with Gasteiger partial charge in [-0.2, -0.15) is 0 Å². The molecule has 7 aromatic carbocycles. The van der Waals surface area contributed by atoms with Gasteiger partial charge in [0.2, 0.25) is 0 Å². The van der Waals surface area contributed by atoms with E-state index in [0.29, 0.717) is 11.5 Å². The molecule has 7 heteroatoms. The third-order valence-electron chi connectivity index (χ3n) is 9.70. The van der Waals surface area contributed by atoms with E-state index in [1.807, 2.05) is 115 Å². The Morgan fingerprint density at radius 1 is 0.397 bits per heavy atom. The fourth-order valence-corrected chi connectivity index (χ4v) is 14.3. The van der Waals surface area contributed by atoms with Gasteiger partial charge in [-0.25, -0.2) is 0 Å². The number of rotatable bonds is 13. The van der Waals surface area contributed by atoms with Gasteiger partial charge in [0.25, 0.3) is 0 Å². The quantitative estimate of drug-likeness (QED) is 0.0931. The molecule has 0 aliphatic carbocycles. The van der Waals surface area contributed by atoms with Gasteiger partial charge in [-0.15, -0.1) is 0 Å². The molecule has 1 atom stereocenters. The molecule has 0 heterocycles. The van der Waals surface area contributed by atoms with E-state index in [2.05, 4.69) is 114 Å². The second-order valence-corrected chi connectivity index (χ2v) is 22.1. The monoisotopic (exact) mass is 800 g/mol. The maximum atomic E-state index is 12.0. The molecule has 1 N–H and O–H groups in total. The van der Waals surface area contributed by atoms with Crippen molar-refractivity contribution in [3.8, 4) is 17.2 Å². The van der Waals surface area contributed by atoms with Crippen LogP contribution < -0.4 is 29.6 Å². The summed E-state index contributed by atoms with van der Waals surface area (Å²) in [7, 11) is -6.60. The Bertz CT molecular complexity index is 2280. The van der Waals surface area contributed by atoms with Gasteiger partial charge in [0.15, 0.2) is 0 Å². The zero-order chi connectivity index (χ0) is 40.8. The predicted molar refractivity (Wildman–Crippen MR) is 241 cm³/mol. The lowest BCUT2D eigenvalue weighted by Gasteiger charge is -2.37. The van der Waals surface area contributed by atoms with E-state index in [-0.39, 0.29) is 11.7 Å². The minimum Gasteiger partial charge on any atom is -0.514 e. The SMILES string of the molecule is CC(C)(C)O[Si](Oc1ccc(C(c2ccccc2)c2ccc(O[Si](OC(C)(C)C)(c3ccccc3)c3ccccc3)cc2O)cc1)(c1ccccc1)c1ccccc1. The van der Waals surface area contributed by atoms with Crippen molar-refractivity contribution in [2.75, 3.05) is 0 Å². The molecule has 7 aromatic rings. The summed E-state index contributed by atoms with van der Waals surface area (Å²) >= 11 is 0. The molecule has 0 amide bonds. The van der Waals surface area contributed by atoms with Gasteiger partial charge in [0, 0.05) is 38.3 Å².